The summed E-state index contributed by atoms with van der Waals surface area (Å²) in [6, 6.07) is 13.7. The van der Waals surface area contributed by atoms with Gasteiger partial charge < -0.3 is 10.6 Å². The maximum Gasteiger partial charge on any atom is 0.228 e. The molecule has 0 bridgehead atoms. The summed E-state index contributed by atoms with van der Waals surface area (Å²) in [5.41, 5.74) is 4.93. The van der Waals surface area contributed by atoms with Crippen LogP contribution in [-0.2, 0) is 16.0 Å². The van der Waals surface area contributed by atoms with Crippen LogP contribution in [0.4, 0.5) is 11.4 Å². The molecule has 25 heavy (non-hydrogen) atoms. The highest BCUT2D eigenvalue weighted by atomic mass is 16.2. The fourth-order valence-corrected chi connectivity index (χ4v) is 3.06. The van der Waals surface area contributed by atoms with Gasteiger partial charge in [0.25, 0.3) is 0 Å². The summed E-state index contributed by atoms with van der Waals surface area (Å²) in [4.78, 5) is 24.8. The lowest BCUT2D eigenvalue weighted by molar-refractivity contribution is -0.122. The molecule has 1 aliphatic rings. The smallest absolute Gasteiger partial charge is 0.228 e. The molecule has 3 rings (SSSR count). The Labute approximate surface area is 148 Å². The number of amides is 2. The largest absolute Gasteiger partial charge is 0.326 e. The Bertz CT molecular complexity index is 776. The average Bonchev–Trinajstić information content (AvgIpc) is 3.40. The van der Waals surface area contributed by atoms with Crippen LogP contribution in [0.5, 0.6) is 0 Å². The lowest BCUT2D eigenvalue weighted by Crippen LogP contribution is -2.21. The van der Waals surface area contributed by atoms with Gasteiger partial charge in [0.2, 0.25) is 11.8 Å². The van der Waals surface area contributed by atoms with E-state index in [4.69, 9.17) is 0 Å². The Morgan fingerprint density at radius 2 is 1.48 bits per heavy atom. The van der Waals surface area contributed by atoms with Gasteiger partial charge in [0.05, 0.1) is 11.8 Å². The Hall–Kier alpha value is -2.62. The van der Waals surface area contributed by atoms with E-state index in [-0.39, 0.29) is 23.7 Å². The summed E-state index contributed by atoms with van der Waals surface area (Å²) in [5, 5.41) is 5.89. The summed E-state index contributed by atoms with van der Waals surface area (Å²) in [6.07, 6.45) is 1.58. The lowest BCUT2D eigenvalue weighted by Gasteiger charge is -2.11. The highest BCUT2D eigenvalue weighted by Crippen LogP contribution is 2.40. The molecule has 4 nitrogen and oxygen atoms in total. The molecule has 0 aromatic heterocycles. The number of hydrogen-bond donors (Lipinski definition) is 2. The Morgan fingerprint density at radius 3 is 2.04 bits per heavy atom. The van der Waals surface area contributed by atoms with Crippen molar-refractivity contribution in [2.75, 3.05) is 10.6 Å². The van der Waals surface area contributed by atoms with Crippen molar-refractivity contribution in [3.63, 3.8) is 0 Å². The summed E-state index contributed by atoms with van der Waals surface area (Å²) in [6.45, 7) is 6.04. The van der Waals surface area contributed by atoms with Crippen LogP contribution in [0.2, 0.25) is 0 Å². The summed E-state index contributed by atoms with van der Waals surface area (Å²) in [7, 11) is 0. The summed E-state index contributed by atoms with van der Waals surface area (Å²) in [5.74, 6) is -0.631. The molecule has 1 fully saturated rings. The number of carbonyl (C=O) groups excluding carboxylic acids is 2. The van der Waals surface area contributed by atoms with Crippen molar-refractivity contribution in [2.24, 2.45) is 11.8 Å². The van der Waals surface area contributed by atoms with E-state index in [0.29, 0.717) is 6.42 Å². The zero-order chi connectivity index (χ0) is 18.0. The second kappa shape index (κ2) is 7.09. The number of hydrogen-bond acceptors (Lipinski definition) is 2. The molecule has 2 atom stereocenters. The second-order valence-electron chi connectivity index (χ2n) is 6.74. The van der Waals surface area contributed by atoms with Gasteiger partial charge in [-0.05, 0) is 55.5 Å². The van der Waals surface area contributed by atoms with E-state index in [1.54, 1.807) is 0 Å². The van der Waals surface area contributed by atoms with Gasteiger partial charge >= 0.3 is 0 Å². The van der Waals surface area contributed by atoms with Crippen molar-refractivity contribution in [2.45, 2.75) is 33.6 Å². The fraction of sp³-hybridized carbons (Fsp3) is 0.333. The van der Waals surface area contributed by atoms with Crippen LogP contribution in [0.3, 0.4) is 0 Å². The zero-order valence-corrected chi connectivity index (χ0v) is 14.9. The topological polar surface area (TPSA) is 58.2 Å². The minimum Gasteiger partial charge on any atom is -0.326 e. The molecule has 130 valence electrons. The van der Waals surface area contributed by atoms with Crippen molar-refractivity contribution in [3.05, 3.63) is 59.2 Å². The van der Waals surface area contributed by atoms with Gasteiger partial charge in [-0.3, -0.25) is 9.59 Å². The minimum absolute atomic E-state index is 0.0705. The van der Waals surface area contributed by atoms with Crippen LogP contribution in [-0.4, -0.2) is 11.8 Å². The number of anilines is 2. The maximum absolute atomic E-state index is 12.4. The Balaban J connectivity index is 1.57. The molecule has 2 amide bonds. The van der Waals surface area contributed by atoms with Crippen LogP contribution in [0.25, 0.3) is 0 Å². The Morgan fingerprint density at radius 1 is 0.920 bits per heavy atom. The highest BCUT2D eigenvalue weighted by Gasteiger charge is 2.48. The number of nitrogens with one attached hydrogen (secondary N) is 2. The third kappa shape index (κ3) is 3.90. The molecule has 2 unspecified atom stereocenters. The quantitative estimate of drug-likeness (QED) is 0.864. The molecule has 0 spiro atoms. The number of para-hydroxylation sites is 1. The molecule has 1 aliphatic carbocycles. The minimum atomic E-state index is -0.242. The molecule has 0 radical (unpaired) electrons. The van der Waals surface area contributed by atoms with Gasteiger partial charge in [-0.1, -0.05) is 37.3 Å². The van der Waals surface area contributed by atoms with Crippen molar-refractivity contribution < 1.29 is 9.59 Å². The number of benzene rings is 2. The van der Waals surface area contributed by atoms with Crippen molar-refractivity contribution >= 4 is 23.2 Å². The van der Waals surface area contributed by atoms with E-state index in [1.807, 2.05) is 56.3 Å². The van der Waals surface area contributed by atoms with Crippen molar-refractivity contribution in [1.29, 1.82) is 0 Å². The van der Waals surface area contributed by atoms with Gasteiger partial charge in [-0.2, -0.15) is 0 Å². The number of carbonyl (C=O) groups is 2. The maximum atomic E-state index is 12.4. The highest BCUT2D eigenvalue weighted by molar-refractivity contribution is 6.03. The van der Waals surface area contributed by atoms with Crippen LogP contribution < -0.4 is 10.6 Å². The van der Waals surface area contributed by atoms with E-state index in [9.17, 15) is 9.59 Å². The molecule has 2 N–H and O–H groups in total. The van der Waals surface area contributed by atoms with Gasteiger partial charge in [0.1, 0.15) is 0 Å². The molecule has 2 aromatic rings. The molecular weight excluding hydrogens is 312 g/mol. The first-order chi connectivity index (χ1) is 12.0. The molecular formula is C21H24N2O2. The molecule has 0 heterocycles. The first-order valence-corrected chi connectivity index (χ1v) is 8.76. The lowest BCUT2D eigenvalue weighted by atomic mass is 10.1. The van der Waals surface area contributed by atoms with Crippen molar-refractivity contribution in [3.8, 4) is 0 Å². The number of aryl methyl sites for hydroxylation is 3. The van der Waals surface area contributed by atoms with Crippen LogP contribution in [0.1, 0.15) is 30.0 Å². The first kappa shape index (κ1) is 17.2. The van der Waals surface area contributed by atoms with Gasteiger partial charge in [0.15, 0.2) is 0 Å². The number of rotatable bonds is 5. The molecule has 0 aliphatic heterocycles. The Kier molecular flexibility index (Phi) is 4.88. The zero-order valence-electron chi connectivity index (χ0n) is 14.9. The third-order valence-electron chi connectivity index (χ3n) is 4.82. The summed E-state index contributed by atoms with van der Waals surface area (Å²) >= 11 is 0. The van der Waals surface area contributed by atoms with E-state index in [0.717, 1.165) is 28.9 Å². The summed E-state index contributed by atoms with van der Waals surface area (Å²) < 4.78 is 0. The predicted octanol–water partition coefficient (Wildman–Crippen LogP) is 4.08. The van der Waals surface area contributed by atoms with Crippen LogP contribution in [0, 0.1) is 25.7 Å². The molecule has 4 heteroatoms. The van der Waals surface area contributed by atoms with E-state index < -0.39 is 0 Å². The molecule has 2 aromatic carbocycles. The fourth-order valence-electron chi connectivity index (χ4n) is 3.06. The standard InChI is InChI=1S/C21H24N2O2/c1-4-15-8-10-16(11-9-15)22-20(24)17-12-18(17)21(25)23-19-13(2)6-5-7-14(19)3/h5-11,17-18H,4,12H2,1-3H3,(H,22,24)(H,23,25). The van der Waals surface area contributed by atoms with E-state index in [1.165, 1.54) is 5.56 Å². The van der Waals surface area contributed by atoms with Crippen LogP contribution in [0.15, 0.2) is 42.5 Å². The predicted molar refractivity (Wildman–Crippen MR) is 101 cm³/mol. The third-order valence-corrected chi connectivity index (χ3v) is 4.82. The SMILES string of the molecule is CCc1ccc(NC(=O)C2CC2C(=O)Nc2c(C)cccc2C)cc1. The molecule has 1 saturated carbocycles. The first-order valence-electron chi connectivity index (χ1n) is 8.76. The van der Waals surface area contributed by atoms with E-state index in [2.05, 4.69) is 17.6 Å². The second-order valence-corrected chi connectivity index (χ2v) is 6.74. The average molecular weight is 336 g/mol. The van der Waals surface area contributed by atoms with Gasteiger partial charge in [-0.15, -0.1) is 0 Å². The van der Waals surface area contributed by atoms with E-state index >= 15 is 0 Å². The van der Waals surface area contributed by atoms with Gasteiger partial charge in [-0.25, -0.2) is 0 Å². The van der Waals surface area contributed by atoms with Crippen LogP contribution >= 0.6 is 0 Å². The van der Waals surface area contributed by atoms with Gasteiger partial charge in [0, 0.05) is 11.4 Å². The molecule has 0 saturated heterocycles. The normalized spacial score (nSPS) is 18.5. The van der Waals surface area contributed by atoms with Crippen molar-refractivity contribution in [1.82, 2.24) is 0 Å². The monoisotopic (exact) mass is 336 g/mol.